The van der Waals surface area contributed by atoms with E-state index in [-0.39, 0.29) is 18.0 Å². The molecule has 0 atom stereocenters. The number of aryl methyl sites for hydroxylation is 1. The van der Waals surface area contributed by atoms with Gasteiger partial charge in [-0.3, -0.25) is 0 Å². The summed E-state index contributed by atoms with van der Waals surface area (Å²) in [6.45, 7) is 2.10. The number of hydrogen-bond donors (Lipinski definition) is 2. The topological polar surface area (TPSA) is 85.1 Å². The maximum absolute atomic E-state index is 13.3. The van der Waals surface area contributed by atoms with Gasteiger partial charge in [0.05, 0.1) is 11.4 Å². The maximum atomic E-state index is 13.3. The zero-order chi connectivity index (χ0) is 15.5. The predicted molar refractivity (Wildman–Crippen MR) is 79.8 cm³/mol. The maximum Gasteiger partial charge on any atom is 0.241 e. The predicted octanol–water partition coefficient (Wildman–Crippen LogP) is 1.78. The van der Waals surface area contributed by atoms with Crippen LogP contribution in [-0.2, 0) is 29.5 Å². The molecule has 1 heterocycles. The number of nitrogens with one attached hydrogen (secondary N) is 1. The summed E-state index contributed by atoms with van der Waals surface area (Å²) in [4.78, 5) is 5.09. The molecule has 0 fully saturated rings. The first-order chi connectivity index (χ1) is 9.96. The number of aromatic nitrogens is 1. The van der Waals surface area contributed by atoms with Crippen molar-refractivity contribution in [2.24, 2.45) is 5.73 Å². The Morgan fingerprint density at radius 3 is 2.81 bits per heavy atom. The molecule has 21 heavy (non-hydrogen) atoms. The van der Waals surface area contributed by atoms with E-state index in [9.17, 15) is 12.8 Å². The van der Waals surface area contributed by atoms with Gasteiger partial charge in [-0.25, -0.2) is 22.5 Å². The number of nitrogens with zero attached hydrogens (tertiary/aromatic N) is 1. The largest absolute Gasteiger partial charge is 0.326 e. The minimum Gasteiger partial charge on any atom is -0.326 e. The van der Waals surface area contributed by atoms with E-state index in [0.717, 1.165) is 17.4 Å². The molecule has 8 heteroatoms. The van der Waals surface area contributed by atoms with Gasteiger partial charge in [0.1, 0.15) is 10.8 Å². The monoisotopic (exact) mass is 329 g/mol. The number of halogens is 1. The van der Waals surface area contributed by atoms with Gasteiger partial charge < -0.3 is 5.73 Å². The number of nitrogens with two attached hydrogens (primary N) is 1. The molecule has 2 aromatic rings. The highest BCUT2D eigenvalue weighted by atomic mass is 32.2. The van der Waals surface area contributed by atoms with Crippen molar-refractivity contribution in [2.45, 2.75) is 31.3 Å². The normalized spacial score (nSPS) is 11.8. The van der Waals surface area contributed by atoms with Crippen LogP contribution in [-0.4, -0.2) is 13.4 Å². The molecule has 0 aliphatic rings. The number of thiazole rings is 1. The summed E-state index contributed by atoms with van der Waals surface area (Å²) >= 11 is 1.45. The Morgan fingerprint density at radius 1 is 1.43 bits per heavy atom. The molecule has 114 valence electrons. The van der Waals surface area contributed by atoms with Crippen molar-refractivity contribution >= 4 is 21.4 Å². The van der Waals surface area contributed by atoms with Gasteiger partial charge in [0.15, 0.2) is 0 Å². The van der Waals surface area contributed by atoms with Gasteiger partial charge >= 0.3 is 0 Å². The fraction of sp³-hybridized carbons (Fsp3) is 0.308. The van der Waals surface area contributed by atoms with Crippen LogP contribution in [0.15, 0.2) is 29.3 Å². The Bertz CT molecular complexity index is 729. The zero-order valence-electron chi connectivity index (χ0n) is 11.5. The van der Waals surface area contributed by atoms with Crippen LogP contribution in [0.4, 0.5) is 4.39 Å². The van der Waals surface area contributed by atoms with E-state index < -0.39 is 15.8 Å². The van der Waals surface area contributed by atoms with Crippen LogP contribution in [0, 0.1) is 5.82 Å². The quantitative estimate of drug-likeness (QED) is 0.846. The Kier molecular flexibility index (Phi) is 5.04. The fourth-order valence-electron chi connectivity index (χ4n) is 1.77. The average Bonchev–Trinajstić information content (AvgIpc) is 2.93. The molecule has 0 aliphatic carbocycles. The first-order valence-corrected chi connectivity index (χ1v) is 8.68. The summed E-state index contributed by atoms with van der Waals surface area (Å²) < 4.78 is 40.2. The fourth-order valence-corrected chi connectivity index (χ4v) is 3.91. The summed E-state index contributed by atoms with van der Waals surface area (Å²) in [6, 6.07) is 3.54. The zero-order valence-corrected chi connectivity index (χ0v) is 13.1. The van der Waals surface area contributed by atoms with Crippen molar-refractivity contribution in [2.75, 3.05) is 0 Å². The lowest BCUT2D eigenvalue weighted by Crippen LogP contribution is -2.25. The van der Waals surface area contributed by atoms with Crippen molar-refractivity contribution in [1.82, 2.24) is 9.71 Å². The van der Waals surface area contributed by atoms with Crippen LogP contribution in [0.2, 0.25) is 0 Å². The first-order valence-electron chi connectivity index (χ1n) is 6.38. The summed E-state index contributed by atoms with van der Waals surface area (Å²) in [5, 5.41) is 0.668. The molecule has 3 N–H and O–H groups in total. The van der Waals surface area contributed by atoms with Crippen LogP contribution >= 0.6 is 11.3 Å². The second kappa shape index (κ2) is 6.61. The van der Waals surface area contributed by atoms with Crippen LogP contribution in [0.1, 0.15) is 22.4 Å². The molecule has 0 saturated carbocycles. The van der Waals surface area contributed by atoms with Crippen molar-refractivity contribution < 1.29 is 12.8 Å². The summed E-state index contributed by atoms with van der Waals surface area (Å²) in [5.41, 5.74) is 5.87. The van der Waals surface area contributed by atoms with E-state index in [1.165, 1.54) is 23.5 Å². The summed E-state index contributed by atoms with van der Waals surface area (Å²) in [6.07, 6.45) is 2.58. The van der Waals surface area contributed by atoms with Gasteiger partial charge in [0, 0.05) is 17.6 Å². The first kappa shape index (κ1) is 16.0. The summed E-state index contributed by atoms with van der Waals surface area (Å²) in [5.74, 6) is -0.616. The van der Waals surface area contributed by atoms with Crippen LogP contribution < -0.4 is 10.5 Å². The van der Waals surface area contributed by atoms with E-state index >= 15 is 0 Å². The molecule has 0 aliphatic heterocycles. The molecule has 2 rings (SSSR count). The minimum atomic E-state index is -3.82. The smallest absolute Gasteiger partial charge is 0.241 e. The van der Waals surface area contributed by atoms with Crippen molar-refractivity contribution in [3.8, 4) is 0 Å². The lowest BCUT2D eigenvalue weighted by atomic mass is 10.2. The lowest BCUT2D eigenvalue weighted by Gasteiger charge is -2.09. The Morgan fingerprint density at radius 2 is 2.19 bits per heavy atom. The summed E-state index contributed by atoms with van der Waals surface area (Å²) in [7, 11) is -3.82. The molecule has 1 aromatic carbocycles. The number of hydrogen-bond acceptors (Lipinski definition) is 5. The second-order valence-corrected chi connectivity index (χ2v) is 7.29. The van der Waals surface area contributed by atoms with Gasteiger partial charge in [0.2, 0.25) is 10.0 Å². The Labute approximate surface area is 127 Å². The van der Waals surface area contributed by atoms with Crippen LogP contribution in [0.25, 0.3) is 0 Å². The van der Waals surface area contributed by atoms with E-state index in [1.807, 2.05) is 6.92 Å². The molecule has 0 saturated heterocycles. The highest BCUT2D eigenvalue weighted by Crippen LogP contribution is 2.18. The van der Waals surface area contributed by atoms with E-state index in [4.69, 9.17) is 5.73 Å². The number of rotatable bonds is 6. The molecule has 1 aromatic heterocycles. The third-order valence-electron chi connectivity index (χ3n) is 2.90. The van der Waals surface area contributed by atoms with Gasteiger partial charge in [-0.05, 0) is 24.1 Å². The van der Waals surface area contributed by atoms with E-state index in [2.05, 4.69) is 9.71 Å². The standard InChI is InChI=1S/C13H16FN3O2S2/c1-2-11-7-16-13(20-11)8-17-21(18,19)12-5-10(14)4-3-9(12)6-15/h3-5,7,17H,2,6,8,15H2,1H3. The molecule has 0 bridgehead atoms. The third kappa shape index (κ3) is 3.85. The van der Waals surface area contributed by atoms with Gasteiger partial charge in [0.25, 0.3) is 0 Å². The highest BCUT2D eigenvalue weighted by Gasteiger charge is 2.19. The van der Waals surface area contributed by atoms with Gasteiger partial charge in [-0.1, -0.05) is 13.0 Å². The van der Waals surface area contributed by atoms with E-state index in [1.54, 1.807) is 6.20 Å². The Hall–Kier alpha value is -1.35. The van der Waals surface area contributed by atoms with Crippen molar-refractivity contribution in [3.05, 3.63) is 45.7 Å². The second-order valence-electron chi connectivity index (χ2n) is 4.35. The van der Waals surface area contributed by atoms with Crippen molar-refractivity contribution in [3.63, 3.8) is 0 Å². The molecule has 0 amide bonds. The van der Waals surface area contributed by atoms with Crippen LogP contribution in [0.5, 0.6) is 0 Å². The highest BCUT2D eigenvalue weighted by molar-refractivity contribution is 7.89. The molecule has 5 nitrogen and oxygen atoms in total. The van der Waals surface area contributed by atoms with Crippen LogP contribution in [0.3, 0.4) is 0 Å². The molecule has 0 unspecified atom stereocenters. The van der Waals surface area contributed by atoms with Gasteiger partial charge in [-0.15, -0.1) is 11.3 Å². The van der Waals surface area contributed by atoms with Crippen molar-refractivity contribution in [1.29, 1.82) is 0 Å². The number of benzene rings is 1. The third-order valence-corrected chi connectivity index (χ3v) is 5.53. The SMILES string of the molecule is CCc1cnc(CNS(=O)(=O)c2cc(F)ccc2CN)s1. The molecular weight excluding hydrogens is 313 g/mol. The Balaban J connectivity index is 2.20. The molecule has 0 spiro atoms. The average molecular weight is 329 g/mol. The molecule has 0 radical (unpaired) electrons. The molecular formula is C13H16FN3O2S2. The van der Waals surface area contributed by atoms with E-state index in [0.29, 0.717) is 10.6 Å². The lowest BCUT2D eigenvalue weighted by molar-refractivity contribution is 0.575. The number of sulfonamides is 1. The minimum absolute atomic E-state index is 0.0216. The van der Waals surface area contributed by atoms with Gasteiger partial charge in [-0.2, -0.15) is 0 Å².